The van der Waals surface area contributed by atoms with Gasteiger partial charge in [0, 0.05) is 32.7 Å². The van der Waals surface area contributed by atoms with Crippen molar-refractivity contribution in [3.8, 4) is 0 Å². The van der Waals surface area contributed by atoms with Gasteiger partial charge in [-0.05, 0) is 35.1 Å². The molecule has 0 bridgehead atoms. The summed E-state index contributed by atoms with van der Waals surface area (Å²) in [6.07, 6.45) is 1.24. The first kappa shape index (κ1) is 18.0. The second-order valence-corrected chi connectivity index (χ2v) is 7.26. The first-order valence-electron chi connectivity index (χ1n) is 9.70. The van der Waals surface area contributed by atoms with Crippen molar-refractivity contribution in [2.24, 2.45) is 0 Å². The summed E-state index contributed by atoms with van der Waals surface area (Å²) in [5, 5.41) is 9.07. The molecule has 1 heterocycles. The molecule has 1 N–H and O–H groups in total. The largest absolute Gasteiger partial charge is 0.465 e. The van der Waals surface area contributed by atoms with E-state index < -0.39 is 6.09 Å². The number of carbonyl (C=O) groups is 1. The van der Waals surface area contributed by atoms with Gasteiger partial charge in [0.15, 0.2) is 0 Å². The van der Waals surface area contributed by atoms with E-state index in [1.807, 2.05) is 0 Å². The number of benzene rings is 2. The number of hydrogen-bond donors (Lipinski definition) is 1. The number of piperazine rings is 1. The van der Waals surface area contributed by atoms with Crippen molar-refractivity contribution >= 4 is 6.09 Å². The summed E-state index contributed by atoms with van der Waals surface area (Å²) in [6, 6.07) is 17.2. The first-order valence-corrected chi connectivity index (χ1v) is 9.70. The van der Waals surface area contributed by atoms with Gasteiger partial charge in [-0.25, -0.2) is 4.79 Å². The lowest BCUT2D eigenvalue weighted by Crippen LogP contribution is -2.49. The molecule has 27 heavy (non-hydrogen) atoms. The Kier molecular flexibility index (Phi) is 5.41. The lowest BCUT2D eigenvalue weighted by molar-refractivity contribution is 0.0453. The molecular weight excluding hydrogens is 340 g/mol. The molecule has 1 fully saturated rings. The molecule has 5 heteroatoms. The van der Waals surface area contributed by atoms with Gasteiger partial charge in [-0.2, -0.15) is 0 Å². The fraction of sp³-hybridized carbons (Fsp3) is 0.409. The number of hydrogen-bond acceptors (Lipinski definition) is 3. The average molecular weight is 366 g/mol. The Hall–Kier alpha value is -2.37. The van der Waals surface area contributed by atoms with Crippen LogP contribution in [0.25, 0.3) is 0 Å². The van der Waals surface area contributed by atoms with Crippen LogP contribution >= 0.6 is 0 Å². The van der Waals surface area contributed by atoms with Gasteiger partial charge in [0.2, 0.25) is 0 Å². The zero-order valence-corrected chi connectivity index (χ0v) is 15.5. The fourth-order valence-corrected chi connectivity index (χ4v) is 4.11. The minimum absolute atomic E-state index is 0.0276. The highest BCUT2D eigenvalue weighted by Gasteiger charge is 2.25. The zero-order chi connectivity index (χ0) is 18.6. The van der Waals surface area contributed by atoms with E-state index in [1.165, 1.54) is 27.2 Å². The molecule has 0 radical (unpaired) electrons. The Labute approximate surface area is 160 Å². The van der Waals surface area contributed by atoms with E-state index >= 15 is 0 Å². The summed E-state index contributed by atoms with van der Waals surface area (Å²) in [4.78, 5) is 14.8. The predicted molar refractivity (Wildman–Crippen MR) is 104 cm³/mol. The van der Waals surface area contributed by atoms with Gasteiger partial charge in [0.05, 0.1) is 6.61 Å². The highest BCUT2D eigenvalue weighted by Crippen LogP contribution is 2.34. The number of nitrogens with zero attached hydrogens (tertiary/aromatic N) is 2. The van der Waals surface area contributed by atoms with Crippen molar-refractivity contribution in [2.75, 3.05) is 39.3 Å². The normalized spacial score (nSPS) is 17.9. The summed E-state index contributed by atoms with van der Waals surface area (Å²) < 4.78 is 6.42. The molecule has 4 rings (SSSR count). The lowest BCUT2D eigenvalue weighted by Gasteiger charge is -2.33. The molecule has 0 spiro atoms. The van der Waals surface area contributed by atoms with Crippen molar-refractivity contribution in [3.63, 3.8) is 0 Å². The summed E-state index contributed by atoms with van der Waals surface area (Å²) in [6.45, 7) is 4.16. The molecule has 142 valence electrons. The molecule has 2 aromatic carbocycles. The Morgan fingerprint density at radius 2 is 1.48 bits per heavy atom. The Balaban J connectivity index is 1.43. The van der Waals surface area contributed by atoms with Crippen LogP contribution in [0.4, 0.5) is 4.79 Å². The smallest absolute Gasteiger partial charge is 0.407 e. The number of carboxylic acid groups (broad SMARTS) is 1. The third-order valence-electron chi connectivity index (χ3n) is 5.67. The molecule has 0 atom stereocenters. The number of amides is 1. The van der Waals surface area contributed by atoms with Crippen LogP contribution in [0, 0.1) is 0 Å². The molecule has 0 aromatic heterocycles. The van der Waals surface area contributed by atoms with Crippen molar-refractivity contribution in [1.29, 1.82) is 0 Å². The van der Waals surface area contributed by atoms with Crippen LogP contribution in [0.15, 0.2) is 48.5 Å². The summed E-state index contributed by atoms with van der Waals surface area (Å²) in [7, 11) is 0. The van der Waals surface area contributed by atoms with Crippen molar-refractivity contribution in [3.05, 3.63) is 70.8 Å². The predicted octanol–water partition coefficient (Wildman–Crippen LogP) is 3.19. The van der Waals surface area contributed by atoms with E-state index in [1.54, 1.807) is 0 Å². The maximum Gasteiger partial charge on any atom is 0.407 e. The second-order valence-electron chi connectivity index (χ2n) is 7.26. The molecule has 1 saturated heterocycles. The summed E-state index contributed by atoms with van der Waals surface area (Å²) in [5.74, 6) is 0. The van der Waals surface area contributed by atoms with Crippen LogP contribution in [0.1, 0.15) is 28.4 Å². The first-order chi connectivity index (χ1) is 13.2. The van der Waals surface area contributed by atoms with Gasteiger partial charge in [0.25, 0.3) is 0 Å². The Morgan fingerprint density at radius 3 is 2.04 bits per heavy atom. The molecule has 5 nitrogen and oxygen atoms in total. The van der Waals surface area contributed by atoms with Gasteiger partial charge < -0.3 is 14.7 Å². The highest BCUT2D eigenvalue weighted by atomic mass is 16.5. The standard InChI is InChI=1S/C22H26N2O3/c25-22(26)24-13-11-23(12-14-24)15-16-27-21-19-7-3-1-5-17(19)9-10-18-6-2-4-8-20(18)21/h1-8,21H,9-16H2,(H,25,26). The van der Waals surface area contributed by atoms with Crippen LogP contribution in [0.2, 0.25) is 0 Å². The Bertz CT molecular complexity index is 752. The minimum Gasteiger partial charge on any atom is -0.465 e. The van der Waals surface area contributed by atoms with Crippen LogP contribution in [-0.4, -0.2) is 60.3 Å². The average Bonchev–Trinajstić information content (AvgIpc) is 2.86. The van der Waals surface area contributed by atoms with E-state index in [2.05, 4.69) is 53.4 Å². The second kappa shape index (κ2) is 8.11. The maximum absolute atomic E-state index is 11.0. The minimum atomic E-state index is -0.822. The van der Waals surface area contributed by atoms with Crippen molar-refractivity contribution in [1.82, 2.24) is 9.80 Å². The Morgan fingerprint density at radius 1 is 0.926 bits per heavy atom. The van der Waals surface area contributed by atoms with Crippen LogP contribution < -0.4 is 0 Å². The molecule has 1 aliphatic heterocycles. The fourth-order valence-electron chi connectivity index (χ4n) is 4.11. The number of fused-ring (bicyclic) bond motifs is 2. The van der Waals surface area contributed by atoms with Crippen LogP contribution in [0.5, 0.6) is 0 Å². The van der Waals surface area contributed by atoms with Crippen LogP contribution in [0.3, 0.4) is 0 Å². The molecule has 1 amide bonds. The van der Waals surface area contributed by atoms with Gasteiger partial charge in [-0.15, -0.1) is 0 Å². The highest BCUT2D eigenvalue weighted by molar-refractivity contribution is 5.65. The van der Waals surface area contributed by atoms with Crippen molar-refractivity contribution < 1.29 is 14.6 Å². The third-order valence-corrected chi connectivity index (χ3v) is 5.67. The van der Waals surface area contributed by atoms with E-state index in [0.29, 0.717) is 19.7 Å². The maximum atomic E-state index is 11.0. The molecule has 2 aromatic rings. The lowest BCUT2D eigenvalue weighted by atomic mass is 9.97. The topological polar surface area (TPSA) is 53.0 Å². The van der Waals surface area contributed by atoms with E-state index in [-0.39, 0.29) is 6.10 Å². The molecular formula is C22H26N2O3. The van der Waals surface area contributed by atoms with Gasteiger partial charge in [-0.3, -0.25) is 4.90 Å². The van der Waals surface area contributed by atoms with E-state index in [4.69, 9.17) is 9.84 Å². The molecule has 0 saturated carbocycles. The monoisotopic (exact) mass is 366 g/mol. The van der Waals surface area contributed by atoms with E-state index in [9.17, 15) is 4.79 Å². The van der Waals surface area contributed by atoms with Gasteiger partial charge in [0.1, 0.15) is 6.10 Å². The number of aryl methyl sites for hydroxylation is 2. The van der Waals surface area contributed by atoms with Gasteiger partial charge in [-0.1, -0.05) is 48.5 Å². The van der Waals surface area contributed by atoms with Crippen LogP contribution in [-0.2, 0) is 17.6 Å². The van der Waals surface area contributed by atoms with Crippen molar-refractivity contribution in [2.45, 2.75) is 18.9 Å². The SMILES string of the molecule is O=C(O)N1CCN(CCOC2c3ccccc3CCc3ccccc32)CC1. The zero-order valence-electron chi connectivity index (χ0n) is 15.5. The molecule has 2 aliphatic rings. The molecule has 0 unspecified atom stereocenters. The van der Waals surface area contributed by atoms with E-state index in [0.717, 1.165) is 32.5 Å². The van der Waals surface area contributed by atoms with Gasteiger partial charge >= 0.3 is 6.09 Å². The number of ether oxygens (including phenoxy) is 1. The molecule has 1 aliphatic carbocycles. The number of rotatable bonds is 4. The third kappa shape index (κ3) is 3.99. The summed E-state index contributed by atoms with van der Waals surface area (Å²) in [5.41, 5.74) is 5.29. The quantitative estimate of drug-likeness (QED) is 0.903. The summed E-state index contributed by atoms with van der Waals surface area (Å²) >= 11 is 0.